The average Bonchev–Trinajstić information content (AvgIpc) is 2.17. The van der Waals surface area contributed by atoms with E-state index in [-0.39, 0.29) is 5.78 Å². The molecule has 0 aliphatic heterocycles. The summed E-state index contributed by atoms with van der Waals surface area (Å²) >= 11 is 0. The molecule has 1 aromatic carbocycles. The number of rotatable bonds is 3. The molecule has 0 aromatic heterocycles. The first-order valence-electron chi connectivity index (χ1n) is 3.87. The quantitative estimate of drug-likeness (QED) is 0.638. The van der Waals surface area contributed by atoms with Crippen molar-refractivity contribution < 1.29 is 9.53 Å². The van der Waals surface area contributed by atoms with E-state index in [1.165, 1.54) is 0 Å². The van der Waals surface area contributed by atoms with Gasteiger partial charge in [-0.15, -0.1) is 0 Å². The van der Waals surface area contributed by atoms with E-state index < -0.39 is 0 Å². The number of ether oxygens (including phenoxy) is 1. The maximum atomic E-state index is 11.2. The Morgan fingerprint density at radius 2 is 2.42 bits per heavy atom. The molecular weight excluding hydrogens is 152 g/mol. The number of benzene rings is 1. The lowest BCUT2D eigenvalue weighted by Gasteiger charge is -2.00. The van der Waals surface area contributed by atoms with Crippen LogP contribution in [0.2, 0.25) is 0 Å². The van der Waals surface area contributed by atoms with Crippen LogP contribution < -0.4 is 4.74 Å². The lowest BCUT2D eigenvalue weighted by molar-refractivity contribution is 0.0988. The summed E-state index contributed by atoms with van der Waals surface area (Å²) in [5.41, 5.74) is 0.688. The standard InChI is InChI=1S/C10H11O2/c1-3-10(11)8-5-4-6-9(7-8)12-2/h4-5,7H,3H2,1-2H3. The van der Waals surface area contributed by atoms with Gasteiger partial charge in [-0.2, -0.15) is 0 Å². The Kier molecular flexibility index (Phi) is 2.86. The molecule has 12 heavy (non-hydrogen) atoms. The summed E-state index contributed by atoms with van der Waals surface area (Å²) < 4.78 is 4.94. The van der Waals surface area contributed by atoms with E-state index in [4.69, 9.17) is 4.74 Å². The molecule has 0 N–H and O–H groups in total. The molecule has 0 spiro atoms. The van der Waals surface area contributed by atoms with Gasteiger partial charge in [0.05, 0.1) is 7.11 Å². The van der Waals surface area contributed by atoms with Crippen molar-refractivity contribution in [2.75, 3.05) is 7.11 Å². The normalized spacial score (nSPS) is 9.50. The van der Waals surface area contributed by atoms with Crippen LogP contribution in [0.1, 0.15) is 23.7 Å². The first-order chi connectivity index (χ1) is 5.77. The summed E-state index contributed by atoms with van der Waals surface area (Å²) in [6, 6.07) is 8.00. The first kappa shape index (κ1) is 8.78. The molecule has 0 aliphatic carbocycles. The summed E-state index contributed by atoms with van der Waals surface area (Å²) in [7, 11) is 1.56. The molecule has 0 saturated heterocycles. The van der Waals surface area contributed by atoms with Crippen molar-refractivity contribution in [2.24, 2.45) is 0 Å². The molecule has 1 aromatic rings. The molecular formula is C10H11O2. The third kappa shape index (κ3) is 1.84. The van der Waals surface area contributed by atoms with Crippen molar-refractivity contribution in [1.29, 1.82) is 0 Å². The lowest BCUT2D eigenvalue weighted by Crippen LogP contribution is -1.96. The van der Waals surface area contributed by atoms with Gasteiger partial charge in [0.1, 0.15) is 5.75 Å². The maximum absolute atomic E-state index is 11.2. The lowest BCUT2D eigenvalue weighted by atomic mass is 10.1. The van der Waals surface area contributed by atoms with Crippen molar-refractivity contribution in [3.8, 4) is 5.75 Å². The monoisotopic (exact) mass is 163 g/mol. The maximum Gasteiger partial charge on any atom is 0.162 e. The number of methoxy groups -OCH3 is 1. The fraction of sp³-hybridized carbons (Fsp3) is 0.300. The van der Waals surface area contributed by atoms with Crippen LogP contribution >= 0.6 is 0 Å². The second-order valence-corrected chi connectivity index (χ2v) is 2.42. The molecule has 2 heteroatoms. The minimum atomic E-state index is 0.127. The Morgan fingerprint density at radius 1 is 1.67 bits per heavy atom. The van der Waals surface area contributed by atoms with Crippen LogP contribution in [-0.2, 0) is 0 Å². The molecule has 0 saturated carbocycles. The van der Waals surface area contributed by atoms with Gasteiger partial charge in [-0.25, -0.2) is 0 Å². The Hall–Kier alpha value is -1.31. The Balaban J connectivity index is 2.93. The predicted molar refractivity (Wildman–Crippen MR) is 46.5 cm³/mol. The fourth-order valence-electron chi connectivity index (χ4n) is 0.940. The van der Waals surface area contributed by atoms with E-state index in [9.17, 15) is 4.79 Å². The van der Waals surface area contributed by atoms with Crippen LogP contribution in [0.15, 0.2) is 18.2 Å². The highest BCUT2D eigenvalue weighted by Crippen LogP contribution is 2.12. The Morgan fingerprint density at radius 3 is 3.00 bits per heavy atom. The van der Waals surface area contributed by atoms with Crippen LogP contribution in [0.25, 0.3) is 0 Å². The number of hydrogen-bond acceptors (Lipinski definition) is 2. The number of Topliss-reactive ketones (excluding diaryl/α,β-unsaturated/α-hetero) is 1. The number of carbonyl (C=O) groups excluding carboxylic acids is 1. The van der Waals surface area contributed by atoms with Gasteiger partial charge in [-0.1, -0.05) is 13.0 Å². The fourth-order valence-corrected chi connectivity index (χ4v) is 0.940. The van der Waals surface area contributed by atoms with Gasteiger partial charge in [0, 0.05) is 18.1 Å². The third-order valence-corrected chi connectivity index (χ3v) is 1.64. The van der Waals surface area contributed by atoms with Crippen molar-refractivity contribution in [1.82, 2.24) is 0 Å². The predicted octanol–water partition coefficient (Wildman–Crippen LogP) is 2.09. The van der Waals surface area contributed by atoms with E-state index in [1.807, 2.05) is 6.92 Å². The second-order valence-electron chi connectivity index (χ2n) is 2.42. The smallest absolute Gasteiger partial charge is 0.162 e. The van der Waals surface area contributed by atoms with Gasteiger partial charge in [-0.05, 0) is 12.1 Å². The molecule has 1 rings (SSSR count). The van der Waals surface area contributed by atoms with Crippen LogP contribution in [0, 0.1) is 6.07 Å². The first-order valence-corrected chi connectivity index (χ1v) is 3.87. The van der Waals surface area contributed by atoms with Crippen LogP contribution in [0.3, 0.4) is 0 Å². The van der Waals surface area contributed by atoms with Crippen LogP contribution in [0.5, 0.6) is 5.75 Å². The zero-order valence-corrected chi connectivity index (χ0v) is 7.26. The van der Waals surface area contributed by atoms with Gasteiger partial charge in [0.25, 0.3) is 0 Å². The number of hydrogen-bond donors (Lipinski definition) is 0. The summed E-state index contributed by atoms with van der Waals surface area (Å²) in [6.45, 7) is 1.84. The van der Waals surface area contributed by atoms with Gasteiger partial charge in [-0.3, -0.25) is 4.79 Å². The van der Waals surface area contributed by atoms with Crippen molar-refractivity contribution in [3.63, 3.8) is 0 Å². The molecule has 63 valence electrons. The topological polar surface area (TPSA) is 26.3 Å². The number of ketones is 1. The van der Waals surface area contributed by atoms with Gasteiger partial charge < -0.3 is 4.74 Å². The molecule has 0 atom stereocenters. The van der Waals surface area contributed by atoms with Crippen molar-refractivity contribution in [2.45, 2.75) is 13.3 Å². The highest BCUT2D eigenvalue weighted by Gasteiger charge is 2.02. The highest BCUT2D eigenvalue weighted by atomic mass is 16.5. The Bertz CT molecular complexity index is 279. The summed E-state index contributed by atoms with van der Waals surface area (Å²) in [5.74, 6) is 0.733. The average molecular weight is 163 g/mol. The van der Waals surface area contributed by atoms with Gasteiger partial charge in [0.15, 0.2) is 5.78 Å². The summed E-state index contributed by atoms with van der Waals surface area (Å²) in [4.78, 5) is 11.2. The van der Waals surface area contributed by atoms with Gasteiger partial charge in [0.2, 0.25) is 0 Å². The van der Waals surface area contributed by atoms with Crippen LogP contribution in [0.4, 0.5) is 0 Å². The van der Waals surface area contributed by atoms with E-state index in [1.54, 1.807) is 25.3 Å². The molecule has 0 fully saturated rings. The summed E-state index contributed by atoms with van der Waals surface area (Å²) in [5, 5.41) is 0. The third-order valence-electron chi connectivity index (χ3n) is 1.64. The molecule has 0 bridgehead atoms. The molecule has 0 aliphatic rings. The number of carbonyl (C=O) groups is 1. The minimum Gasteiger partial charge on any atom is -0.496 e. The summed E-state index contributed by atoms with van der Waals surface area (Å²) in [6.07, 6.45) is 0.521. The minimum absolute atomic E-state index is 0.127. The van der Waals surface area contributed by atoms with E-state index >= 15 is 0 Å². The SMILES string of the molecule is CCC(=O)c1cc[c]c(OC)c1. The van der Waals surface area contributed by atoms with E-state index in [0.29, 0.717) is 17.7 Å². The largest absolute Gasteiger partial charge is 0.496 e. The zero-order chi connectivity index (χ0) is 8.97. The molecule has 0 amide bonds. The van der Waals surface area contributed by atoms with E-state index in [0.717, 1.165) is 0 Å². The van der Waals surface area contributed by atoms with E-state index in [2.05, 4.69) is 6.07 Å². The van der Waals surface area contributed by atoms with Crippen molar-refractivity contribution >= 4 is 5.78 Å². The molecule has 0 heterocycles. The van der Waals surface area contributed by atoms with Crippen LogP contribution in [-0.4, -0.2) is 12.9 Å². The molecule has 0 unspecified atom stereocenters. The highest BCUT2D eigenvalue weighted by molar-refractivity contribution is 5.96. The Labute approximate surface area is 72.2 Å². The second kappa shape index (κ2) is 3.90. The zero-order valence-electron chi connectivity index (χ0n) is 7.26. The van der Waals surface area contributed by atoms with Gasteiger partial charge >= 0.3 is 0 Å². The molecule has 2 nitrogen and oxygen atoms in total. The van der Waals surface area contributed by atoms with Crippen molar-refractivity contribution in [3.05, 3.63) is 29.8 Å². The molecule has 1 radical (unpaired) electrons.